The quantitative estimate of drug-likeness (QED) is 0.0234. The number of aliphatic hydroxyl groups excluding tert-OH is 4. The van der Waals surface area contributed by atoms with Crippen molar-refractivity contribution in [3.8, 4) is 11.5 Å². The molecule has 46 nitrogen and oxygen atoms in total. The largest absolute Gasteiger partial charge is 0.508 e. The van der Waals surface area contributed by atoms with Crippen molar-refractivity contribution < 1.29 is 142 Å². The van der Waals surface area contributed by atoms with Crippen molar-refractivity contribution in [3.63, 3.8) is 0 Å². The molecule has 0 aromatic heterocycles. The Balaban J connectivity index is 1.54. The monoisotopic (exact) mass is 1860 g/mol. The van der Waals surface area contributed by atoms with Crippen LogP contribution in [0, 0.1) is 17.3 Å². The van der Waals surface area contributed by atoms with Crippen molar-refractivity contribution >= 4 is 112 Å². The first-order valence-electron chi connectivity index (χ1n) is 43.1. The van der Waals surface area contributed by atoms with Crippen LogP contribution in [0.25, 0.3) is 0 Å². The van der Waals surface area contributed by atoms with E-state index in [1.54, 1.807) is 45.9 Å². The number of hydrogen-bond donors (Lipinski definition) is 25. The van der Waals surface area contributed by atoms with Crippen LogP contribution in [0.15, 0.2) is 78.9 Å². The third-order valence-corrected chi connectivity index (χ3v) is 21.0. The van der Waals surface area contributed by atoms with Gasteiger partial charge >= 0.3 is 17.9 Å². The highest BCUT2D eigenvalue weighted by molar-refractivity contribution is 6.01. The van der Waals surface area contributed by atoms with Gasteiger partial charge in [-0.25, -0.2) is 0 Å². The van der Waals surface area contributed by atoms with Crippen molar-refractivity contribution in [1.82, 2.24) is 84.7 Å². The van der Waals surface area contributed by atoms with Gasteiger partial charge in [-0.1, -0.05) is 109 Å². The number of carbonyl (C=O) groups excluding carboxylic acids is 16. The fourth-order valence-corrected chi connectivity index (χ4v) is 13.3. The van der Waals surface area contributed by atoms with Gasteiger partial charge in [0.25, 0.3) is 0 Å². The fraction of sp³-hybridized carbons (Fsp3) is 0.570. The van der Waals surface area contributed by atoms with Gasteiger partial charge in [0.1, 0.15) is 90.6 Å². The highest BCUT2D eigenvalue weighted by atomic mass is 16.5. The number of amides is 16. The number of benzene rings is 3. The van der Waals surface area contributed by atoms with E-state index < -0.39 is 273 Å². The molecule has 0 spiro atoms. The second-order valence-corrected chi connectivity index (χ2v) is 33.2. The molecule has 3 aromatic rings. The van der Waals surface area contributed by atoms with Crippen LogP contribution in [0.4, 0.5) is 0 Å². The summed E-state index contributed by atoms with van der Waals surface area (Å²) in [6, 6.07) is -4.39. The summed E-state index contributed by atoms with van der Waals surface area (Å²) in [7, 11) is 0. The van der Waals surface area contributed by atoms with Gasteiger partial charge < -0.3 is 141 Å². The Bertz CT molecular complexity index is 4430. The lowest BCUT2D eigenvalue weighted by molar-refractivity contribution is -0.143. The van der Waals surface area contributed by atoms with E-state index in [-0.39, 0.29) is 67.8 Å². The zero-order valence-electron chi connectivity index (χ0n) is 75.1. The number of ether oxygens (including phenoxy) is 1. The number of aromatic hydroxyl groups is 2. The number of unbranched alkanes of at least 4 members (excludes halogenated alkanes) is 1. The molecule has 1 heterocycles. The lowest BCUT2D eigenvalue weighted by Gasteiger charge is -2.30. The lowest BCUT2D eigenvalue weighted by atomic mass is 9.87. The first kappa shape index (κ1) is 111. The van der Waals surface area contributed by atoms with E-state index >= 15 is 0 Å². The summed E-state index contributed by atoms with van der Waals surface area (Å²) in [6.45, 7) is 10.6. The number of carboxylic acids is 3. The number of nitrogens with two attached hydrogens (primary N) is 1. The molecular weight excluding hydrogens is 1740 g/mol. The maximum atomic E-state index is 14.7. The molecule has 0 saturated carbocycles. The minimum Gasteiger partial charge on any atom is -0.508 e. The van der Waals surface area contributed by atoms with E-state index in [2.05, 4.69) is 79.8 Å². The van der Waals surface area contributed by atoms with Crippen LogP contribution in [0.1, 0.15) is 143 Å². The standard InChI is InChI=1S/C86H127N17O29/c1-10-46(4)70(82(128)95-58(37-52-21-25-54(109)26-22-52)76(122)91-56(34-45(2)3)75(121)93-60(38-68(115)116)74(120)90-47(5)16-14-15-29-87)101-81(127)63(43-105)97-77(123)57(36-51-19-23-53(108)24-20-51)92-78(124)61(39-69(117)118)94-80(126)62(42-104)98-84(130)72(49(7)107)102-79(125)59(35-50-17-12-11-13-18-50)96-83(129)71(48(6)106)100-65(111)41-89-73(119)55(27-28-67(113)114)99-85(131)86(8,9)40-64(110)88-30-31-103-32-33-132-44-66(103)112/h11-13,17-26,45-49,55-63,70-72,104-109H,10,14-16,27-44,87H2,1-9H3,(H,88,110)(H,89,119)(H,90,120)(H,91,122)(H,92,124)(H,93,121)(H,94,126)(H,95,128)(H,96,129)(H,97,123)(H,98,130)(H,99,131)(H,100,111)(H,101,127)(H,102,125)(H,113,114)(H,115,116)(H,117,118)/t46-,47+,48+,49+,55-,56-,57-,58-,59-,60-,61-,62-,63-,70-,71-,72-/m0/s1. The van der Waals surface area contributed by atoms with E-state index in [1.807, 2.05) is 0 Å². The summed E-state index contributed by atoms with van der Waals surface area (Å²) in [6.07, 6.45) is -6.89. The van der Waals surface area contributed by atoms with Crippen LogP contribution in [-0.4, -0.2) is 313 Å². The predicted molar refractivity (Wildman–Crippen MR) is 467 cm³/mol. The molecule has 1 fully saturated rings. The number of rotatable bonds is 58. The van der Waals surface area contributed by atoms with Crippen LogP contribution in [0.3, 0.4) is 0 Å². The molecule has 0 unspecified atom stereocenters. The van der Waals surface area contributed by atoms with E-state index in [0.717, 1.165) is 13.8 Å². The smallest absolute Gasteiger partial charge is 0.305 e. The second-order valence-electron chi connectivity index (χ2n) is 33.2. The van der Waals surface area contributed by atoms with Gasteiger partial charge in [-0.05, 0) is 106 Å². The fourth-order valence-electron chi connectivity index (χ4n) is 13.3. The summed E-state index contributed by atoms with van der Waals surface area (Å²) >= 11 is 0. The molecular formula is C86H127N17O29. The summed E-state index contributed by atoms with van der Waals surface area (Å²) in [4.78, 5) is 260. The Morgan fingerprint density at radius 1 is 0.455 bits per heavy atom. The summed E-state index contributed by atoms with van der Waals surface area (Å²) in [5.74, 6) is -23.4. The average molecular weight is 1860 g/mol. The number of aliphatic hydroxyl groups is 4. The van der Waals surface area contributed by atoms with Crippen molar-refractivity contribution in [2.75, 3.05) is 59.2 Å². The molecule has 132 heavy (non-hydrogen) atoms. The van der Waals surface area contributed by atoms with Gasteiger partial charge in [0, 0.05) is 57.8 Å². The van der Waals surface area contributed by atoms with E-state index in [4.69, 9.17) is 10.5 Å². The summed E-state index contributed by atoms with van der Waals surface area (Å²) < 4.78 is 5.10. The molecule has 1 saturated heterocycles. The molecule has 0 bridgehead atoms. The lowest BCUT2D eigenvalue weighted by Crippen LogP contribution is -2.63. The highest BCUT2D eigenvalue weighted by Gasteiger charge is 2.41. The van der Waals surface area contributed by atoms with Crippen LogP contribution in [-0.2, 0) is 115 Å². The maximum absolute atomic E-state index is 14.7. The van der Waals surface area contributed by atoms with Crippen LogP contribution < -0.4 is 85.5 Å². The van der Waals surface area contributed by atoms with E-state index in [9.17, 15) is 137 Å². The topological polar surface area (TPSA) is 725 Å². The molecule has 3 aromatic carbocycles. The van der Waals surface area contributed by atoms with Crippen molar-refractivity contribution in [3.05, 3.63) is 95.6 Å². The number of morpholine rings is 1. The van der Waals surface area contributed by atoms with Gasteiger partial charge in [-0.15, -0.1) is 0 Å². The third-order valence-electron chi connectivity index (χ3n) is 21.0. The first-order valence-corrected chi connectivity index (χ1v) is 43.1. The number of carboxylic acid groups (broad SMARTS) is 3. The molecule has 26 N–H and O–H groups in total. The average Bonchev–Trinajstić information content (AvgIpc) is 0.760. The Kier molecular flexibility index (Phi) is 47.1. The second kappa shape index (κ2) is 55.9. The number of nitrogens with zero attached hydrogens (tertiary/aromatic N) is 1. The molecule has 1 aliphatic heterocycles. The zero-order chi connectivity index (χ0) is 98.8. The van der Waals surface area contributed by atoms with Gasteiger partial charge in [0.05, 0.1) is 56.8 Å². The maximum Gasteiger partial charge on any atom is 0.305 e. The predicted octanol–water partition coefficient (Wildman–Crippen LogP) is -6.26. The Labute approximate surface area is 761 Å². The number of nitrogens with one attached hydrogen (secondary N) is 15. The van der Waals surface area contributed by atoms with Gasteiger partial charge in [0.2, 0.25) is 94.5 Å². The first-order chi connectivity index (χ1) is 62.2. The number of carbonyl (C=O) groups is 19. The Hall–Kier alpha value is -13.0. The molecule has 16 atom stereocenters. The normalized spacial score (nSPS) is 15.6. The number of aliphatic carboxylic acids is 3. The molecule has 16 amide bonds. The molecule has 0 aliphatic carbocycles. The van der Waals surface area contributed by atoms with Crippen LogP contribution in [0.5, 0.6) is 11.5 Å². The van der Waals surface area contributed by atoms with Gasteiger partial charge in [0.15, 0.2) is 0 Å². The highest BCUT2D eigenvalue weighted by Crippen LogP contribution is 2.23. The molecule has 4 rings (SSSR count). The summed E-state index contributed by atoms with van der Waals surface area (Å²) in [5.41, 5.74) is 4.97. The number of hydrogen-bond acceptors (Lipinski definition) is 27. The van der Waals surface area contributed by atoms with Gasteiger partial charge in [-0.2, -0.15) is 0 Å². The third kappa shape index (κ3) is 39.3. The van der Waals surface area contributed by atoms with E-state index in [1.165, 1.54) is 86.3 Å². The van der Waals surface area contributed by atoms with Gasteiger partial charge in [-0.3, -0.25) is 91.1 Å². The van der Waals surface area contributed by atoms with Crippen LogP contribution in [0.2, 0.25) is 0 Å². The Morgan fingerprint density at radius 3 is 1.34 bits per heavy atom. The number of phenolic OH excluding ortho intramolecular Hbond substituents is 2. The Morgan fingerprint density at radius 2 is 0.871 bits per heavy atom. The molecule has 1 aliphatic rings. The SMILES string of the molecule is CC[C@H](C)[C@H](NC(=O)[C@H](CO)NC(=O)[C@H](Cc1ccc(O)cc1)NC(=O)[C@H](CC(=O)O)NC(=O)[C@H](CO)NC(=O)[C@@H](NC(=O)[C@H](Cc1ccccc1)NC(=O)[C@@H](NC(=O)CNC(=O)[C@H](CCC(=O)O)NC(=O)C(C)(C)CC(=O)NCCN1CCOCC1=O)[C@@H](C)O)[C@@H](C)O)C(=O)N[C@@H](Cc1ccc(O)cc1)C(=O)N[C@@H](CC(C)C)C(=O)N[C@@H](CC(=O)O)C(=O)N[C@H](C)CCCCN. The molecule has 46 heteroatoms. The van der Waals surface area contributed by atoms with E-state index in [0.29, 0.717) is 50.1 Å². The minimum absolute atomic E-state index is 0.0388. The minimum atomic E-state index is -2.23. The molecule has 0 radical (unpaired) electrons. The van der Waals surface area contributed by atoms with Crippen molar-refractivity contribution in [2.24, 2.45) is 23.0 Å². The van der Waals surface area contributed by atoms with Crippen LogP contribution >= 0.6 is 0 Å². The van der Waals surface area contributed by atoms with Crippen molar-refractivity contribution in [2.45, 2.75) is 237 Å². The summed E-state index contributed by atoms with van der Waals surface area (Å²) in [5, 5.41) is 128. The zero-order valence-corrected chi connectivity index (χ0v) is 75.1. The van der Waals surface area contributed by atoms with Crippen molar-refractivity contribution in [1.29, 1.82) is 0 Å². The molecule has 730 valence electrons. The number of phenols is 2.